The molecule has 0 saturated carbocycles. The van der Waals surface area contributed by atoms with Crippen LogP contribution in [0.3, 0.4) is 0 Å². The Bertz CT molecular complexity index is 854. The van der Waals surface area contributed by atoms with E-state index in [0.717, 1.165) is 17.3 Å². The van der Waals surface area contributed by atoms with E-state index in [2.05, 4.69) is 20.5 Å². The molecule has 0 bridgehead atoms. The average Bonchev–Trinajstić information content (AvgIpc) is 3.06. The van der Waals surface area contributed by atoms with Gasteiger partial charge >= 0.3 is 0 Å². The Kier molecular flexibility index (Phi) is 5.12. The van der Waals surface area contributed by atoms with Crippen LogP contribution in [0.15, 0.2) is 52.2 Å². The molecule has 3 aromatic rings. The van der Waals surface area contributed by atoms with E-state index in [-0.39, 0.29) is 11.7 Å². The van der Waals surface area contributed by atoms with Crippen molar-refractivity contribution in [1.29, 1.82) is 0 Å². The SMILES string of the molecule is Cc1ccc(NC(=O)CSc2nnc(-c3ccccn3)o2)cc1Cl. The van der Waals surface area contributed by atoms with Gasteiger partial charge in [-0.1, -0.05) is 35.5 Å². The Morgan fingerprint density at radius 2 is 2.17 bits per heavy atom. The number of aromatic nitrogens is 3. The van der Waals surface area contributed by atoms with Gasteiger partial charge in [-0.2, -0.15) is 0 Å². The third-order valence-electron chi connectivity index (χ3n) is 3.07. The fourth-order valence-electron chi connectivity index (χ4n) is 1.86. The third kappa shape index (κ3) is 4.12. The Morgan fingerprint density at radius 3 is 2.92 bits per heavy atom. The Morgan fingerprint density at radius 1 is 1.29 bits per heavy atom. The van der Waals surface area contributed by atoms with Crippen molar-refractivity contribution in [3.8, 4) is 11.6 Å². The first-order chi connectivity index (χ1) is 11.6. The number of pyridine rings is 1. The second kappa shape index (κ2) is 7.46. The van der Waals surface area contributed by atoms with E-state index in [1.54, 1.807) is 30.5 Å². The number of hydrogen-bond donors (Lipinski definition) is 1. The third-order valence-corrected chi connectivity index (χ3v) is 4.30. The van der Waals surface area contributed by atoms with Crippen LogP contribution < -0.4 is 5.32 Å². The molecule has 0 radical (unpaired) electrons. The summed E-state index contributed by atoms with van der Waals surface area (Å²) in [6.45, 7) is 1.90. The van der Waals surface area contributed by atoms with Crippen LogP contribution in [0.1, 0.15) is 5.56 Å². The second-order valence-corrected chi connectivity index (χ2v) is 6.22. The van der Waals surface area contributed by atoms with Crippen LogP contribution in [-0.4, -0.2) is 26.8 Å². The molecule has 0 aliphatic heterocycles. The van der Waals surface area contributed by atoms with Crippen molar-refractivity contribution < 1.29 is 9.21 Å². The molecule has 1 amide bonds. The molecule has 2 heterocycles. The molecular formula is C16H13ClN4O2S. The van der Waals surface area contributed by atoms with E-state index in [1.807, 2.05) is 19.1 Å². The van der Waals surface area contributed by atoms with Crippen LogP contribution in [-0.2, 0) is 4.79 Å². The molecule has 8 heteroatoms. The van der Waals surface area contributed by atoms with Gasteiger partial charge in [0.1, 0.15) is 5.69 Å². The van der Waals surface area contributed by atoms with Gasteiger partial charge in [0.2, 0.25) is 5.91 Å². The molecule has 0 aliphatic rings. The van der Waals surface area contributed by atoms with E-state index < -0.39 is 0 Å². The number of nitrogens with one attached hydrogen (secondary N) is 1. The molecule has 0 fully saturated rings. The average molecular weight is 361 g/mol. The number of amides is 1. The summed E-state index contributed by atoms with van der Waals surface area (Å²) >= 11 is 7.19. The maximum absolute atomic E-state index is 12.0. The quantitative estimate of drug-likeness (QED) is 0.696. The number of nitrogens with zero attached hydrogens (tertiary/aromatic N) is 3. The van der Waals surface area contributed by atoms with Gasteiger partial charge < -0.3 is 9.73 Å². The number of carbonyl (C=O) groups is 1. The van der Waals surface area contributed by atoms with Gasteiger partial charge in [0, 0.05) is 16.9 Å². The molecule has 0 aliphatic carbocycles. The number of carbonyl (C=O) groups excluding carboxylic acids is 1. The molecule has 2 aromatic heterocycles. The molecule has 3 rings (SSSR count). The van der Waals surface area contributed by atoms with Gasteiger partial charge in [-0.15, -0.1) is 10.2 Å². The van der Waals surface area contributed by atoms with Crippen molar-refractivity contribution in [3.05, 3.63) is 53.2 Å². The lowest BCUT2D eigenvalue weighted by Gasteiger charge is -2.05. The van der Waals surface area contributed by atoms with Crippen LogP contribution >= 0.6 is 23.4 Å². The molecule has 1 aromatic carbocycles. The van der Waals surface area contributed by atoms with Crippen molar-refractivity contribution in [2.45, 2.75) is 12.1 Å². The number of rotatable bonds is 5. The lowest BCUT2D eigenvalue weighted by Crippen LogP contribution is -2.14. The maximum Gasteiger partial charge on any atom is 0.277 e. The first kappa shape index (κ1) is 16.5. The van der Waals surface area contributed by atoms with Crippen molar-refractivity contribution in [2.75, 3.05) is 11.1 Å². The maximum atomic E-state index is 12.0. The lowest BCUT2D eigenvalue weighted by atomic mass is 10.2. The molecular weight excluding hydrogens is 348 g/mol. The minimum atomic E-state index is -0.183. The molecule has 0 saturated heterocycles. The largest absolute Gasteiger partial charge is 0.410 e. The van der Waals surface area contributed by atoms with E-state index in [9.17, 15) is 4.79 Å². The van der Waals surface area contributed by atoms with Crippen molar-refractivity contribution in [2.24, 2.45) is 0 Å². The predicted octanol–water partition coefficient (Wildman–Crippen LogP) is 3.82. The number of hydrogen-bond acceptors (Lipinski definition) is 6. The fourth-order valence-corrected chi connectivity index (χ4v) is 2.60. The topological polar surface area (TPSA) is 80.9 Å². The molecule has 0 atom stereocenters. The summed E-state index contributed by atoms with van der Waals surface area (Å²) in [5.74, 6) is 0.288. The number of aryl methyl sites for hydroxylation is 1. The van der Waals surface area contributed by atoms with Gasteiger partial charge in [0.15, 0.2) is 0 Å². The monoisotopic (exact) mass is 360 g/mol. The number of thioether (sulfide) groups is 1. The summed E-state index contributed by atoms with van der Waals surface area (Å²) in [6.07, 6.45) is 1.65. The van der Waals surface area contributed by atoms with Crippen LogP contribution in [0.25, 0.3) is 11.6 Å². The van der Waals surface area contributed by atoms with Crippen molar-refractivity contribution in [1.82, 2.24) is 15.2 Å². The minimum Gasteiger partial charge on any atom is -0.410 e. The molecule has 6 nitrogen and oxygen atoms in total. The van der Waals surface area contributed by atoms with Crippen LogP contribution in [0.5, 0.6) is 0 Å². The van der Waals surface area contributed by atoms with Crippen LogP contribution in [0.4, 0.5) is 5.69 Å². The highest BCUT2D eigenvalue weighted by atomic mass is 35.5. The minimum absolute atomic E-state index is 0.148. The summed E-state index contributed by atoms with van der Waals surface area (Å²) < 4.78 is 5.48. The van der Waals surface area contributed by atoms with Gasteiger partial charge in [0.25, 0.3) is 11.1 Å². The summed E-state index contributed by atoms with van der Waals surface area (Å²) in [5.41, 5.74) is 2.20. The van der Waals surface area contributed by atoms with Crippen molar-refractivity contribution >= 4 is 35.0 Å². The Hall–Kier alpha value is -2.38. The predicted molar refractivity (Wildman–Crippen MR) is 93.1 cm³/mol. The molecule has 0 unspecified atom stereocenters. The number of benzene rings is 1. The summed E-state index contributed by atoms with van der Waals surface area (Å²) in [6, 6.07) is 10.8. The van der Waals surface area contributed by atoms with Crippen molar-refractivity contribution in [3.63, 3.8) is 0 Å². The Labute approximate surface area is 147 Å². The normalized spacial score (nSPS) is 10.6. The summed E-state index contributed by atoms with van der Waals surface area (Å²) in [7, 11) is 0. The zero-order chi connectivity index (χ0) is 16.9. The standard InChI is InChI=1S/C16H13ClN4O2S/c1-10-5-6-11(8-12(10)17)19-14(22)9-24-16-21-20-15(23-16)13-4-2-3-7-18-13/h2-8H,9H2,1H3,(H,19,22). The van der Waals surface area contributed by atoms with Gasteiger partial charge in [-0.05, 0) is 36.8 Å². The number of anilines is 1. The van der Waals surface area contributed by atoms with Crippen LogP contribution in [0.2, 0.25) is 5.02 Å². The van der Waals surface area contributed by atoms with Crippen LogP contribution in [0, 0.1) is 6.92 Å². The van der Waals surface area contributed by atoms with Gasteiger partial charge in [-0.3, -0.25) is 9.78 Å². The highest BCUT2D eigenvalue weighted by Crippen LogP contribution is 2.23. The molecule has 24 heavy (non-hydrogen) atoms. The number of halogens is 1. The van der Waals surface area contributed by atoms with E-state index >= 15 is 0 Å². The van der Waals surface area contributed by atoms with E-state index in [1.165, 1.54) is 0 Å². The smallest absolute Gasteiger partial charge is 0.277 e. The summed E-state index contributed by atoms with van der Waals surface area (Å²) in [4.78, 5) is 16.1. The Balaban J connectivity index is 1.56. The summed E-state index contributed by atoms with van der Waals surface area (Å²) in [5, 5.41) is 11.5. The second-order valence-electron chi connectivity index (χ2n) is 4.89. The van der Waals surface area contributed by atoms with E-state index in [0.29, 0.717) is 27.5 Å². The zero-order valence-corrected chi connectivity index (χ0v) is 14.3. The fraction of sp³-hybridized carbons (Fsp3) is 0.125. The van der Waals surface area contributed by atoms with Gasteiger partial charge in [0.05, 0.1) is 5.75 Å². The first-order valence-corrected chi connectivity index (χ1v) is 8.42. The molecule has 122 valence electrons. The zero-order valence-electron chi connectivity index (χ0n) is 12.7. The highest BCUT2D eigenvalue weighted by Gasteiger charge is 2.12. The first-order valence-electron chi connectivity index (χ1n) is 7.05. The molecule has 0 spiro atoms. The van der Waals surface area contributed by atoms with E-state index in [4.69, 9.17) is 16.0 Å². The molecule has 1 N–H and O–H groups in total. The highest BCUT2D eigenvalue weighted by molar-refractivity contribution is 7.99. The van der Waals surface area contributed by atoms with Gasteiger partial charge in [-0.25, -0.2) is 0 Å². The lowest BCUT2D eigenvalue weighted by molar-refractivity contribution is -0.113.